The zero-order valence-corrected chi connectivity index (χ0v) is 23.0. The van der Waals surface area contributed by atoms with Gasteiger partial charge in [-0.05, 0) is 16.7 Å². The highest BCUT2D eigenvalue weighted by molar-refractivity contribution is 7.87. The van der Waals surface area contributed by atoms with E-state index in [0.717, 1.165) is 5.56 Å². The molecule has 0 N–H and O–H groups in total. The molecule has 1 heterocycles. The van der Waals surface area contributed by atoms with Crippen LogP contribution in [0.3, 0.4) is 0 Å². The molecule has 0 aromatic heterocycles. The van der Waals surface area contributed by atoms with Crippen LogP contribution >= 0.6 is 0 Å². The third-order valence-electron chi connectivity index (χ3n) is 6.31. The highest BCUT2D eigenvalue weighted by atomic mass is 32.2. The normalized spacial score (nSPS) is 23.4. The summed E-state index contributed by atoms with van der Waals surface area (Å²) >= 11 is 0. The predicted octanol–water partition coefficient (Wildman–Crippen LogP) is 4.98. The van der Waals surface area contributed by atoms with Crippen LogP contribution in [0, 0.1) is 0 Å². The molecule has 1 aliphatic heterocycles. The van der Waals surface area contributed by atoms with Crippen LogP contribution < -0.4 is 0 Å². The van der Waals surface area contributed by atoms with E-state index >= 15 is 0 Å². The maximum atomic E-state index is 13.5. The molecular weight excluding hydrogens is 565 g/mol. The monoisotopic (exact) mass is 596 g/mol. The van der Waals surface area contributed by atoms with Gasteiger partial charge in [0.05, 0.1) is 26.4 Å². The molecule has 222 valence electrons. The molecule has 0 unspecified atom stereocenters. The van der Waals surface area contributed by atoms with Gasteiger partial charge < -0.3 is 23.7 Å². The molecule has 41 heavy (non-hydrogen) atoms. The van der Waals surface area contributed by atoms with Crippen molar-refractivity contribution in [1.82, 2.24) is 0 Å². The van der Waals surface area contributed by atoms with Crippen molar-refractivity contribution >= 4 is 10.1 Å². The van der Waals surface area contributed by atoms with Crippen LogP contribution in [0.1, 0.15) is 16.7 Å². The fraction of sp³-hybridized carbons (Fsp3) is 0.379. The molecule has 1 fully saturated rings. The van der Waals surface area contributed by atoms with Crippen molar-refractivity contribution in [2.75, 3.05) is 13.7 Å². The topological polar surface area (TPSA) is 89.5 Å². The lowest BCUT2D eigenvalue weighted by molar-refractivity contribution is -0.311. The molecule has 3 aromatic rings. The van der Waals surface area contributed by atoms with Crippen molar-refractivity contribution in [3.8, 4) is 0 Å². The molecule has 3 aromatic carbocycles. The van der Waals surface area contributed by atoms with Gasteiger partial charge in [0.25, 0.3) is 0 Å². The summed E-state index contributed by atoms with van der Waals surface area (Å²) in [5.74, 6) is 0. The number of alkyl halides is 3. The lowest BCUT2D eigenvalue weighted by atomic mass is 9.98. The molecule has 1 aliphatic rings. The SMILES string of the molecule is CO[C@@H]1O[C@H](COCc2ccccc2)[C@H](OCc2ccccc2)[C@H](OS(=O)(=O)C(F)(F)F)[C@H]1OCc1ccccc1. The number of halogens is 3. The Bertz CT molecular complexity index is 1290. The fourth-order valence-corrected chi connectivity index (χ4v) is 4.91. The summed E-state index contributed by atoms with van der Waals surface area (Å²) in [4.78, 5) is 0. The van der Waals surface area contributed by atoms with Crippen molar-refractivity contribution in [3.05, 3.63) is 108 Å². The molecule has 0 bridgehead atoms. The molecular formula is C29H31F3O8S. The van der Waals surface area contributed by atoms with Crippen LogP contribution in [0.2, 0.25) is 0 Å². The molecule has 0 radical (unpaired) electrons. The standard InChI is InChI=1S/C29H31F3O8S/c1-35-28-27(38-19-23-15-9-4-10-16-23)26(40-41(33,34)29(30,31)32)25(37-18-22-13-7-3-8-14-22)24(39-28)20-36-17-21-11-5-2-6-12-21/h2-16,24-28H,17-20H2,1H3/t24-,25+,26+,27-,28-/m1/s1. The van der Waals surface area contributed by atoms with E-state index in [0.29, 0.717) is 11.1 Å². The van der Waals surface area contributed by atoms with Crippen LogP contribution in [-0.2, 0) is 57.8 Å². The molecule has 0 saturated carbocycles. The molecule has 0 spiro atoms. The summed E-state index contributed by atoms with van der Waals surface area (Å²) in [5, 5.41) is 0. The number of benzene rings is 3. The third-order valence-corrected chi connectivity index (χ3v) is 7.35. The average molecular weight is 597 g/mol. The van der Waals surface area contributed by atoms with Gasteiger partial charge in [0.15, 0.2) is 6.29 Å². The fourth-order valence-electron chi connectivity index (χ4n) is 4.29. The van der Waals surface area contributed by atoms with Gasteiger partial charge in [0, 0.05) is 7.11 Å². The van der Waals surface area contributed by atoms with E-state index in [9.17, 15) is 21.6 Å². The van der Waals surface area contributed by atoms with E-state index in [1.54, 1.807) is 60.7 Å². The second kappa shape index (κ2) is 14.4. The minimum Gasteiger partial charge on any atom is -0.374 e. The number of ether oxygens (including phenoxy) is 5. The molecule has 4 rings (SSSR count). The van der Waals surface area contributed by atoms with Gasteiger partial charge in [0.1, 0.15) is 24.4 Å². The van der Waals surface area contributed by atoms with Crippen LogP contribution in [0.5, 0.6) is 0 Å². The summed E-state index contributed by atoms with van der Waals surface area (Å²) in [6.45, 7) is -0.143. The Labute approximate surface area is 237 Å². The van der Waals surface area contributed by atoms with Crippen LogP contribution in [0.15, 0.2) is 91.0 Å². The van der Waals surface area contributed by atoms with Gasteiger partial charge >= 0.3 is 15.6 Å². The molecule has 5 atom stereocenters. The van der Waals surface area contributed by atoms with Crippen LogP contribution in [-0.4, -0.2) is 58.3 Å². The Hall–Kier alpha value is -2.84. The Kier molecular flexibility index (Phi) is 10.9. The summed E-state index contributed by atoms with van der Waals surface area (Å²) in [6, 6.07) is 26.9. The molecule has 8 nitrogen and oxygen atoms in total. The van der Waals surface area contributed by atoms with Crippen molar-refractivity contribution in [2.24, 2.45) is 0 Å². The van der Waals surface area contributed by atoms with Gasteiger partial charge in [-0.1, -0.05) is 91.0 Å². The maximum Gasteiger partial charge on any atom is 0.523 e. The number of methoxy groups -OCH3 is 1. The molecule has 12 heteroatoms. The molecule has 0 aliphatic carbocycles. The maximum absolute atomic E-state index is 13.5. The van der Waals surface area contributed by atoms with Crippen molar-refractivity contribution in [1.29, 1.82) is 0 Å². The average Bonchev–Trinajstić information content (AvgIpc) is 2.97. The van der Waals surface area contributed by atoms with E-state index < -0.39 is 46.3 Å². The summed E-state index contributed by atoms with van der Waals surface area (Å²) in [5.41, 5.74) is -3.44. The number of hydrogen-bond donors (Lipinski definition) is 0. The first-order chi connectivity index (χ1) is 19.7. The third kappa shape index (κ3) is 8.58. The van der Waals surface area contributed by atoms with Crippen molar-refractivity contribution in [2.45, 2.75) is 56.0 Å². The highest BCUT2D eigenvalue weighted by Gasteiger charge is 2.56. The van der Waals surface area contributed by atoms with Gasteiger partial charge in [-0.2, -0.15) is 21.6 Å². The lowest BCUT2D eigenvalue weighted by Crippen LogP contribution is -2.62. The Morgan fingerprint density at radius 3 is 1.63 bits per heavy atom. The van der Waals surface area contributed by atoms with Crippen LogP contribution in [0.25, 0.3) is 0 Å². The second-order valence-corrected chi connectivity index (χ2v) is 10.8. The molecule has 0 amide bonds. The largest absolute Gasteiger partial charge is 0.523 e. The Morgan fingerprint density at radius 2 is 1.17 bits per heavy atom. The van der Waals surface area contributed by atoms with Crippen LogP contribution in [0.4, 0.5) is 13.2 Å². The summed E-state index contributed by atoms with van der Waals surface area (Å²) < 4.78 is 99.3. The Morgan fingerprint density at radius 1 is 0.707 bits per heavy atom. The van der Waals surface area contributed by atoms with Gasteiger partial charge in [-0.3, -0.25) is 4.18 Å². The van der Waals surface area contributed by atoms with Gasteiger partial charge in [-0.15, -0.1) is 0 Å². The summed E-state index contributed by atoms with van der Waals surface area (Å²) in [6.07, 6.45) is -6.93. The zero-order chi connectivity index (χ0) is 29.3. The van der Waals surface area contributed by atoms with Crippen molar-refractivity contribution < 1.29 is 49.5 Å². The predicted molar refractivity (Wildman–Crippen MR) is 142 cm³/mol. The second-order valence-electron chi connectivity index (χ2n) is 9.26. The van der Waals surface area contributed by atoms with Gasteiger partial charge in [0.2, 0.25) is 0 Å². The van der Waals surface area contributed by atoms with E-state index in [1.807, 2.05) is 30.3 Å². The summed E-state index contributed by atoms with van der Waals surface area (Å²) in [7, 11) is -4.79. The number of rotatable bonds is 13. The Balaban J connectivity index is 1.64. The number of hydrogen-bond acceptors (Lipinski definition) is 8. The first-order valence-electron chi connectivity index (χ1n) is 12.8. The van der Waals surface area contributed by atoms with Crippen molar-refractivity contribution in [3.63, 3.8) is 0 Å². The quantitative estimate of drug-likeness (QED) is 0.202. The first-order valence-corrected chi connectivity index (χ1v) is 14.2. The van der Waals surface area contributed by atoms with E-state index in [-0.39, 0.29) is 26.4 Å². The lowest BCUT2D eigenvalue weighted by Gasteiger charge is -2.45. The minimum absolute atomic E-state index is 0.0704. The van der Waals surface area contributed by atoms with E-state index in [1.165, 1.54) is 7.11 Å². The van der Waals surface area contributed by atoms with E-state index in [2.05, 4.69) is 0 Å². The smallest absolute Gasteiger partial charge is 0.374 e. The van der Waals surface area contributed by atoms with Gasteiger partial charge in [-0.25, -0.2) is 0 Å². The van der Waals surface area contributed by atoms with E-state index in [4.69, 9.17) is 27.9 Å². The highest BCUT2D eigenvalue weighted by Crippen LogP contribution is 2.35. The first kappa shape index (κ1) is 31.1. The molecule has 1 saturated heterocycles. The minimum atomic E-state index is -6.06. The zero-order valence-electron chi connectivity index (χ0n) is 22.2.